The Morgan fingerprint density at radius 2 is 1.80 bits per heavy atom. The minimum absolute atomic E-state index is 0.259. The van der Waals surface area contributed by atoms with Gasteiger partial charge in [0.1, 0.15) is 11.5 Å². The average molecular weight is 279 g/mol. The molecule has 0 aromatic heterocycles. The van der Waals surface area contributed by atoms with Crippen LogP contribution >= 0.6 is 0 Å². The molecule has 0 aliphatic carbocycles. The number of benzene rings is 1. The van der Waals surface area contributed by atoms with Crippen LogP contribution in [-0.4, -0.2) is 21.3 Å². The van der Waals surface area contributed by atoms with Crippen LogP contribution in [0.1, 0.15) is 45.7 Å². The van der Waals surface area contributed by atoms with Gasteiger partial charge in [-0.05, 0) is 43.0 Å². The molecule has 0 aliphatic heterocycles. The normalized spacial score (nSPS) is 14.8. The lowest BCUT2D eigenvalue weighted by Gasteiger charge is -2.31. The van der Waals surface area contributed by atoms with Gasteiger partial charge in [0.05, 0.1) is 14.2 Å². The number of nitrogens with one attached hydrogen (secondary N) is 1. The van der Waals surface area contributed by atoms with Crippen LogP contribution in [0.5, 0.6) is 11.5 Å². The predicted molar refractivity (Wildman–Crippen MR) is 84.6 cm³/mol. The molecule has 0 radical (unpaired) electrons. The highest BCUT2D eigenvalue weighted by Gasteiger charge is 2.25. The summed E-state index contributed by atoms with van der Waals surface area (Å²) < 4.78 is 10.8. The van der Waals surface area contributed by atoms with Crippen molar-refractivity contribution in [2.75, 3.05) is 21.3 Å². The molecule has 114 valence electrons. The second kappa shape index (κ2) is 6.98. The highest BCUT2D eigenvalue weighted by Crippen LogP contribution is 2.37. The van der Waals surface area contributed by atoms with Crippen LogP contribution in [-0.2, 0) is 0 Å². The van der Waals surface area contributed by atoms with Crippen molar-refractivity contribution in [2.45, 2.75) is 40.2 Å². The SMILES string of the molecule is CNC(CC(C)C(C)(C)C)c1cc(OC)ccc1OC. The molecule has 0 aliphatic rings. The minimum atomic E-state index is 0.259. The molecule has 2 unspecified atom stereocenters. The zero-order valence-electron chi connectivity index (χ0n) is 13.9. The van der Waals surface area contributed by atoms with Crippen LogP contribution in [0.2, 0.25) is 0 Å². The number of rotatable bonds is 6. The topological polar surface area (TPSA) is 30.5 Å². The van der Waals surface area contributed by atoms with E-state index in [1.165, 1.54) is 0 Å². The molecular formula is C17H29NO2. The van der Waals surface area contributed by atoms with E-state index in [9.17, 15) is 0 Å². The minimum Gasteiger partial charge on any atom is -0.497 e. The molecule has 20 heavy (non-hydrogen) atoms. The zero-order chi connectivity index (χ0) is 15.3. The Hall–Kier alpha value is -1.22. The first-order chi connectivity index (χ1) is 9.33. The molecule has 2 atom stereocenters. The van der Waals surface area contributed by atoms with Crippen molar-refractivity contribution in [2.24, 2.45) is 11.3 Å². The van der Waals surface area contributed by atoms with Crippen LogP contribution in [0, 0.1) is 11.3 Å². The number of hydrogen-bond donors (Lipinski definition) is 1. The first-order valence-electron chi connectivity index (χ1n) is 7.22. The maximum Gasteiger partial charge on any atom is 0.123 e. The summed E-state index contributed by atoms with van der Waals surface area (Å²) in [6.07, 6.45) is 1.06. The first-order valence-corrected chi connectivity index (χ1v) is 7.22. The van der Waals surface area contributed by atoms with Gasteiger partial charge in [0.25, 0.3) is 0 Å². The van der Waals surface area contributed by atoms with Crippen molar-refractivity contribution in [1.29, 1.82) is 0 Å². The predicted octanol–water partition coefficient (Wildman–Crippen LogP) is 4.04. The van der Waals surface area contributed by atoms with E-state index in [4.69, 9.17) is 9.47 Å². The van der Waals surface area contributed by atoms with Gasteiger partial charge in [0.2, 0.25) is 0 Å². The van der Waals surface area contributed by atoms with E-state index in [-0.39, 0.29) is 6.04 Å². The summed E-state index contributed by atoms with van der Waals surface area (Å²) in [5.41, 5.74) is 1.45. The Labute approximate surface area is 123 Å². The van der Waals surface area contributed by atoms with Crippen molar-refractivity contribution < 1.29 is 9.47 Å². The van der Waals surface area contributed by atoms with Gasteiger partial charge in [-0.25, -0.2) is 0 Å². The third-order valence-electron chi connectivity index (χ3n) is 4.23. The van der Waals surface area contributed by atoms with Gasteiger partial charge in [0, 0.05) is 11.6 Å². The second-order valence-corrected chi connectivity index (χ2v) is 6.45. The van der Waals surface area contributed by atoms with Crippen LogP contribution in [0.15, 0.2) is 18.2 Å². The lowest BCUT2D eigenvalue weighted by molar-refractivity contribution is 0.224. The Balaban J connectivity index is 3.04. The maximum atomic E-state index is 5.50. The Morgan fingerprint density at radius 1 is 1.15 bits per heavy atom. The molecule has 3 heteroatoms. The van der Waals surface area contributed by atoms with E-state index in [0.717, 1.165) is 23.5 Å². The molecule has 0 saturated heterocycles. The molecule has 3 nitrogen and oxygen atoms in total. The molecule has 0 spiro atoms. The molecule has 1 rings (SSSR count). The fourth-order valence-corrected chi connectivity index (χ4v) is 2.22. The average Bonchev–Trinajstić information content (AvgIpc) is 2.42. The molecule has 0 heterocycles. The number of hydrogen-bond acceptors (Lipinski definition) is 3. The third kappa shape index (κ3) is 4.14. The fraction of sp³-hybridized carbons (Fsp3) is 0.647. The summed E-state index contributed by atoms with van der Waals surface area (Å²) in [7, 11) is 5.40. The Kier molecular flexibility index (Phi) is 5.88. The summed E-state index contributed by atoms with van der Waals surface area (Å²) in [6, 6.07) is 6.23. The third-order valence-corrected chi connectivity index (χ3v) is 4.23. The summed E-state index contributed by atoms with van der Waals surface area (Å²) in [6.45, 7) is 9.16. The van der Waals surface area contributed by atoms with E-state index < -0.39 is 0 Å². The van der Waals surface area contributed by atoms with Gasteiger partial charge < -0.3 is 14.8 Å². The van der Waals surface area contributed by atoms with Gasteiger partial charge >= 0.3 is 0 Å². The zero-order valence-corrected chi connectivity index (χ0v) is 13.9. The highest BCUT2D eigenvalue weighted by molar-refractivity contribution is 5.42. The van der Waals surface area contributed by atoms with Crippen molar-refractivity contribution >= 4 is 0 Å². The smallest absolute Gasteiger partial charge is 0.123 e. The highest BCUT2D eigenvalue weighted by atomic mass is 16.5. The van der Waals surface area contributed by atoms with Crippen LogP contribution in [0.25, 0.3) is 0 Å². The van der Waals surface area contributed by atoms with Crippen molar-refractivity contribution in [3.05, 3.63) is 23.8 Å². The van der Waals surface area contributed by atoms with Crippen LogP contribution in [0.4, 0.5) is 0 Å². The second-order valence-electron chi connectivity index (χ2n) is 6.45. The van der Waals surface area contributed by atoms with E-state index in [1.807, 2.05) is 19.2 Å². The molecule has 0 saturated carbocycles. The van der Waals surface area contributed by atoms with Crippen molar-refractivity contribution in [3.63, 3.8) is 0 Å². The molecule has 0 bridgehead atoms. The van der Waals surface area contributed by atoms with E-state index in [1.54, 1.807) is 14.2 Å². The van der Waals surface area contributed by atoms with Gasteiger partial charge in [-0.2, -0.15) is 0 Å². The fourth-order valence-electron chi connectivity index (χ4n) is 2.22. The van der Waals surface area contributed by atoms with Crippen molar-refractivity contribution in [3.8, 4) is 11.5 Å². The standard InChI is InChI=1S/C17H29NO2/c1-12(17(2,3)4)10-15(18-5)14-11-13(19-6)8-9-16(14)20-7/h8-9,11-12,15,18H,10H2,1-7H3. The molecule has 0 fully saturated rings. The largest absolute Gasteiger partial charge is 0.497 e. The van der Waals surface area contributed by atoms with E-state index >= 15 is 0 Å². The summed E-state index contributed by atoms with van der Waals surface area (Å²) in [5.74, 6) is 2.37. The van der Waals surface area contributed by atoms with E-state index in [2.05, 4.69) is 39.1 Å². The molecule has 0 amide bonds. The summed E-state index contributed by atoms with van der Waals surface area (Å²) in [4.78, 5) is 0. The quantitative estimate of drug-likeness (QED) is 0.852. The monoisotopic (exact) mass is 279 g/mol. The molecule has 1 aromatic carbocycles. The number of methoxy groups -OCH3 is 2. The Morgan fingerprint density at radius 3 is 2.25 bits per heavy atom. The summed E-state index contributed by atoms with van der Waals surface area (Å²) in [5, 5.41) is 3.41. The molecular weight excluding hydrogens is 250 g/mol. The van der Waals surface area contributed by atoms with Gasteiger partial charge in [-0.15, -0.1) is 0 Å². The Bertz CT molecular complexity index is 423. The van der Waals surface area contributed by atoms with Gasteiger partial charge in [0.15, 0.2) is 0 Å². The van der Waals surface area contributed by atoms with Crippen LogP contribution < -0.4 is 14.8 Å². The summed E-state index contributed by atoms with van der Waals surface area (Å²) >= 11 is 0. The van der Waals surface area contributed by atoms with Gasteiger partial charge in [-0.3, -0.25) is 0 Å². The lowest BCUT2D eigenvalue weighted by atomic mass is 9.77. The van der Waals surface area contributed by atoms with Crippen molar-refractivity contribution in [1.82, 2.24) is 5.32 Å². The molecule has 1 aromatic rings. The van der Waals surface area contributed by atoms with E-state index in [0.29, 0.717) is 11.3 Å². The van der Waals surface area contributed by atoms with Gasteiger partial charge in [-0.1, -0.05) is 27.7 Å². The van der Waals surface area contributed by atoms with Crippen LogP contribution in [0.3, 0.4) is 0 Å². The molecule has 1 N–H and O–H groups in total. The maximum absolute atomic E-state index is 5.50. The lowest BCUT2D eigenvalue weighted by Crippen LogP contribution is -2.25. The number of ether oxygens (including phenoxy) is 2. The first kappa shape index (κ1) is 16.8.